The minimum atomic E-state index is -1.23. The third kappa shape index (κ3) is 14.5. The molecule has 0 saturated carbocycles. The fourth-order valence-corrected chi connectivity index (χ4v) is 4.46. The summed E-state index contributed by atoms with van der Waals surface area (Å²) in [5.41, 5.74) is 0.662. The quantitative estimate of drug-likeness (QED) is 0.0796. The molecule has 56 heavy (non-hydrogen) atoms. The number of esters is 1. The van der Waals surface area contributed by atoms with Crippen LogP contribution >= 0.6 is 0 Å². The van der Waals surface area contributed by atoms with Crippen LogP contribution in [0.5, 0.6) is 57.5 Å². The standard InChI is InChI=1S/C20H23NO7.C18H19NO7.Li.H2O/c1-5-27-20(23)12-19(22)21-15-8-6-13(24-2)10-17(15)28-18-11-14(25-3)7-9-16(18)26-4;1-23-11-4-6-13(19-17(20)10-18(21)22)15(8-11)26-14-7-5-12(24-2)9-16(14)25-3;;/h6-11H,5,12H2,1-4H3,(H,21,22);4-9H,10H2,1-3H3,(H,19,20)(H,21,22);;1H2/q;;+1;/p-1. The molecule has 0 bridgehead atoms. The maximum absolute atomic E-state index is 12.1. The van der Waals surface area contributed by atoms with Gasteiger partial charge >= 0.3 is 30.8 Å². The predicted octanol–water partition coefficient (Wildman–Crippen LogP) is 3.14. The Balaban J connectivity index is 0.000000542. The third-order valence-electron chi connectivity index (χ3n) is 7.03. The fraction of sp³-hybridized carbons (Fsp3) is 0.263. The summed E-state index contributed by atoms with van der Waals surface area (Å²) in [5.74, 6) is 1.43. The van der Waals surface area contributed by atoms with E-state index in [4.69, 9.17) is 47.7 Å². The second kappa shape index (κ2) is 24.2. The van der Waals surface area contributed by atoms with Crippen molar-refractivity contribution < 1.29 is 91.3 Å². The van der Waals surface area contributed by atoms with Gasteiger partial charge in [-0.15, -0.1) is 0 Å². The van der Waals surface area contributed by atoms with E-state index in [2.05, 4.69) is 10.6 Å². The molecule has 4 rings (SSSR count). The summed E-state index contributed by atoms with van der Waals surface area (Å²) in [6.07, 6.45) is -1.06. The van der Waals surface area contributed by atoms with Crippen molar-refractivity contribution in [2.75, 3.05) is 59.9 Å². The van der Waals surface area contributed by atoms with Crippen molar-refractivity contribution >= 4 is 35.1 Å². The molecule has 0 spiro atoms. The molecular weight excluding hydrogens is 731 g/mol. The van der Waals surface area contributed by atoms with Gasteiger partial charge in [-0.05, 0) is 55.5 Å². The Labute approximate surface area is 335 Å². The van der Waals surface area contributed by atoms with E-state index in [9.17, 15) is 19.2 Å². The molecule has 4 aromatic rings. The third-order valence-corrected chi connectivity index (χ3v) is 7.03. The van der Waals surface area contributed by atoms with Gasteiger partial charge in [0.1, 0.15) is 35.8 Å². The number of carboxylic acid groups (broad SMARTS) is 1. The Morgan fingerprint density at radius 2 is 0.911 bits per heavy atom. The van der Waals surface area contributed by atoms with Crippen LogP contribution in [0, 0.1) is 0 Å². The first-order chi connectivity index (χ1) is 26.0. The summed E-state index contributed by atoms with van der Waals surface area (Å²) in [6, 6.07) is 19.7. The Morgan fingerprint density at radius 3 is 1.34 bits per heavy atom. The second-order valence-corrected chi connectivity index (χ2v) is 10.6. The number of hydrogen-bond acceptors (Lipinski definition) is 14. The smallest absolute Gasteiger partial charge is 0.870 e. The van der Waals surface area contributed by atoms with Crippen molar-refractivity contribution in [3.63, 3.8) is 0 Å². The normalized spacial score (nSPS) is 9.62. The van der Waals surface area contributed by atoms with Gasteiger partial charge < -0.3 is 63.8 Å². The Morgan fingerprint density at radius 1 is 0.518 bits per heavy atom. The number of carboxylic acids is 1. The van der Waals surface area contributed by atoms with Gasteiger partial charge in [0.25, 0.3) is 0 Å². The van der Waals surface area contributed by atoms with Gasteiger partial charge in [0.2, 0.25) is 11.8 Å². The van der Waals surface area contributed by atoms with Crippen LogP contribution in [0.15, 0.2) is 72.8 Å². The molecule has 0 fully saturated rings. The molecular formula is C38H43LiN2O15. The maximum Gasteiger partial charge on any atom is 1.00 e. The monoisotopic (exact) mass is 774 g/mol. The van der Waals surface area contributed by atoms with E-state index < -0.39 is 36.6 Å². The van der Waals surface area contributed by atoms with Crippen molar-refractivity contribution in [1.82, 2.24) is 0 Å². The number of carbonyl (C=O) groups excluding carboxylic acids is 3. The van der Waals surface area contributed by atoms with E-state index in [1.807, 2.05) is 0 Å². The number of ether oxygens (including phenoxy) is 9. The van der Waals surface area contributed by atoms with Crippen molar-refractivity contribution in [2.45, 2.75) is 19.8 Å². The van der Waals surface area contributed by atoms with Gasteiger partial charge in [-0.2, -0.15) is 0 Å². The van der Waals surface area contributed by atoms with Gasteiger partial charge in [-0.3, -0.25) is 19.2 Å². The van der Waals surface area contributed by atoms with Gasteiger partial charge in [-0.1, -0.05) is 0 Å². The molecule has 0 saturated heterocycles. The van der Waals surface area contributed by atoms with Crippen LogP contribution in [0.3, 0.4) is 0 Å². The SMILES string of the molecule is CCOC(=O)CC(=O)Nc1ccc(OC)cc1Oc1cc(OC)ccc1OC.COc1ccc(NC(=O)CC(=O)O)c(Oc2ccc(OC)cc2OC)c1.[Li+].[OH-]. The molecule has 0 aromatic heterocycles. The first kappa shape index (κ1) is 47.7. The van der Waals surface area contributed by atoms with E-state index in [0.29, 0.717) is 63.1 Å². The number of nitrogens with one attached hydrogen (secondary N) is 2. The minimum absolute atomic E-state index is 0. The van der Waals surface area contributed by atoms with E-state index in [-0.39, 0.29) is 36.7 Å². The second-order valence-electron chi connectivity index (χ2n) is 10.6. The molecule has 0 radical (unpaired) electrons. The van der Waals surface area contributed by atoms with Crippen LogP contribution in [0.25, 0.3) is 0 Å². The Kier molecular flexibility index (Phi) is 20.6. The molecule has 18 heteroatoms. The average molecular weight is 775 g/mol. The zero-order valence-corrected chi connectivity index (χ0v) is 32.3. The molecule has 0 atom stereocenters. The largest absolute Gasteiger partial charge is 1.00 e. The van der Waals surface area contributed by atoms with Crippen molar-refractivity contribution in [3.05, 3.63) is 72.8 Å². The Hall–Kier alpha value is -6.28. The van der Waals surface area contributed by atoms with Crippen molar-refractivity contribution in [3.8, 4) is 57.5 Å². The van der Waals surface area contributed by atoms with Gasteiger partial charge in [-0.25, -0.2) is 0 Å². The van der Waals surface area contributed by atoms with Gasteiger partial charge in [0.05, 0.1) is 60.6 Å². The molecule has 296 valence electrons. The van der Waals surface area contributed by atoms with Crippen molar-refractivity contribution in [2.24, 2.45) is 0 Å². The number of methoxy groups -OCH3 is 6. The molecule has 0 aliphatic heterocycles. The summed E-state index contributed by atoms with van der Waals surface area (Å²) in [4.78, 5) is 46.1. The topological polar surface area (TPSA) is 226 Å². The molecule has 4 aromatic carbocycles. The van der Waals surface area contributed by atoms with Crippen LogP contribution in [0.2, 0.25) is 0 Å². The zero-order chi connectivity index (χ0) is 39.6. The van der Waals surface area contributed by atoms with Gasteiger partial charge in [0.15, 0.2) is 34.5 Å². The van der Waals surface area contributed by atoms with Crippen LogP contribution < -0.4 is 67.4 Å². The molecule has 0 aliphatic rings. The number of carbonyl (C=O) groups is 4. The fourth-order valence-electron chi connectivity index (χ4n) is 4.46. The Bertz CT molecular complexity index is 1920. The molecule has 0 heterocycles. The predicted molar refractivity (Wildman–Crippen MR) is 198 cm³/mol. The van der Waals surface area contributed by atoms with E-state index in [1.54, 1.807) is 79.7 Å². The van der Waals surface area contributed by atoms with Crippen LogP contribution in [-0.4, -0.2) is 83.6 Å². The average Bonchev–Trinajstić information content (AvgIpc) is 3.16. The summed E-state index contributed by atoms with van der Waals surface area (Å²) in [6.45, 7) is 1.88. The zero-order valence-electron chi connectivity index (χ0n) is 32.3. The number of amides is 2. The number of aliphatic carboxylic acids is 1. The van der Waals surface area contributed by atoms with Crippen LogP contribution in [0.4, 0.5) is 11.4 Å². The number of benzene rings is 4. The minimum Gasteiger partial charge on any atom is -0.870 e. The first-order valence-corrected chi connectivity index (χ1v) is 16.1. The van der Waals surface area contributed by atoms with E-state index in [1.165, 1.54) is 42.7 Å². The summed E-state index contributed by atoms with van der Waals surface area (Å²) >= 11 is 0. The molecule has 17 nitrogen and oxygen atoms in total. The van der Waals surface area contributed by atoms with E-state index >= 15 is 0 Å². The van der Waals surface area contributed by atoms with E-state index in [0.717, 1.165) is 0 Å². The molecule has 4 N–H and O–H groups in total. The summed E-state index contributed by atoms with van der Waals surface area (Å²) in [5, 5.41) is 13.9. The van der Waals surface area contributed by atoms with Crippen molar-refractivity contribution in [1.29, 1.82) is 0 Å². The summed E-state index contributed by atoms with van der Waals surface area (Å²) < 4.78 is 48.0. The number of hydrogen-bond donors (Lipinski definition) is 3. The van der Waals surface area contributed by atoms with Gasteiger partial charge in [0, 0.05) is 24.3 Å². The number of rotatable bonds is 17. The molecule has 0 unspecified atom stereocenters. The maximum atomic E-state index is 12.1. The van der Waals surface area contributed by atoms with Crippen LogP contribution in [-0.2, 0) is 23.9 Å². The molecule has 0 aliphatic carbocycles. The van der Waals surface area contributed by atoms with Crippen LogP contribution in [0.1, 0.15) is 19.8 Å². The summed E-state index contributed by atoms with van der Waals surface area (Å²) in [7, 11) is 9.09. The molecule has 2 amide bonds. The number of anilines is 2. The first-order valence-electron chi connectivity index (χ1n) is 16.1.